The SMILES string of the molecule is C(#CCN1CCN(CC#CCOC(c2ccccc2)c2ccccc2)CC1)COC(c1ccccc1)c1ccccc1.Cl. The van der Waals surface area contributed by atoms with Crippen LogP contribution in [0.1, 0.15) is 34.5 Å². The van der Waals surface area contributed by atoms with Crippen molar-refractivity contribution in [2.24, 2.45) is 0 Å². The van der Waals surface area contributed by atoms with E-state index in [9.17, 15) is 0 Å². The average molecular weight is 591 g/mol. The Balaban J connectivity index is 0.00000423. The number of nitrogens with zero attached hydrogens (tertiary/aromatic N) is 2. The van der Waals surface area contributed by atoms with Gasteiger partial charge < -0.3 is 9.47 Å². The molecule has 0 spiro atoms. The van der Waals surface area contributed by atoms with E-state index in [-0.39, 0.29) is 24.6 Å². The number of benzene rings is 4. The molecule has 1 heterocycles. The number of hydrogen-bond donors (Lipinski definition) is 0. The summed E-state index contributed by atoms with van der Waals surface area (Å²) in [5.41, 5.74) is 4.57. The van der Waals surface area contributed by atoms with Gasteiger partial charge in [-0.25, -0.2) is 0 Å². The highest BCUT2D eigenvalue weighted by Gasteiger charge is 2.16. The van der Waals surface area contributed by atoms with Crippen LogP contribution in [-0.4, -0.2) is 62.3 Å². The van der Waals surface area contributed by atoms with Crippen LogP contribution < -0.4 is 0 Å². The first-order chi connectivity index (χ1) is 20.9. The molecule has 4 aromatic carbocycles. The van der Waals surface area contributed by atoms with E-state index in [0.717, 1.165) is 61.5 Å². The standard InChI is InChI=1S/C38H38N2O2.ClH/c1-5-17-33(18-6-1)37(34-19-7-2-8-20-34)41-31-15-13-25-39-27-29-40(30-28-39)26-14-16-32-42-38(35-21-9-3-10-22-35)36-23-11-4-12-24-36;/h1-12,17-24,37-38H,25-32H2;1H. The van der Waals surface area contributed by atoms with Crippen molar-refractivity contribution in [3.63, 3.8) is 0 Å². The first-order valence-electron chi connectivity index (χ1n) is 14.7. The van der Waals surface area contributed by atoms with Crippen molar-refractivity contribution in [2.45, 2.75) is 12.2 Å². The molecule has 1 aliphatic heterocycles. The Morgan fingerprint density at radius 1 is 0.442 bits per heavy atom. The fourth-order valence-corrected chi connectivity index (χ4v) is 5.07. The fraction of sp³-hybridized carbons (Fsp3) is 0.263. The van der Waals surface area contributed by atoms with Crippen molar-refractivity contribution in [2.75, 3.05) is 52.5 Å². The fourth-order valence-electron chi connectivity index (χ4n) is 5.07. The molecular formula is C38H39ClN2O2. The summed E-state index contributed by atoms with van der Waals surface area (Å²) in [6, 6.07) is 41.3. The summed E-state index contributed by atoms with van der Waals surface area (Å²) < 4.78 is 12.4. The summed E-state index contributed by atoms with van der Waals surface area (Å²) in [7, 11) is 0. The number of piperazine rings is 1. The predicted octanol–water partition coefficient (Wildman–Crippen LogP) is 6.65. The minimum atomic E-state index is -0.112. The van der Waals surface area contributed by atoms with Gasteiger partial charge in [-0.15, -0.1) is 12.4 Å². The van der Waals surface area contributed by atoms with Crippen LogP contribution in [0.15, 0.2) is 121 Å². The molecule has 1 aliphatic rings. The number of halogens is 1. The van der Waals surface area contributed by atoms with Gasteiger partial charge in [0.1, 0.15) is 25.4 Å². The van der Waals surface area contributed by atoms with Gasteiger partial charge in [0.25, 0.3) is 0 Å². The van der Waals surface area contributed by atoms with E-state index in [1.807, 2.05) is 72.8 Å². The summed E-state index contributed by atoms with van der Waals surface area (Å²) in [6.45, 7) is 6.31. The van der Waals surface area contributed by atoms with Gasteiger partial charge >= 0.3 is 0 Å². The molecule has 0 bridgehead atoms. The van der Waals surface area contributed by atoms with Crippen LogP contribution in [0.4, 0.5) is 0 Å². The molecule has 0 N–H and O–H groups in total. The van der Waals surface area contributed by atoms with Gasteiger partial charge in [-0.3, -0.25) is 9.80 Å². The smallest absolute Gasteiger partial charge is 0.109 e. The summed E-state index contributed by atoms with van der Waals surface area (Å²) in [5.74, 6) is 13.1. The first kappa shape index (κ1) is 32.1. The van der Waals surface area contributed by atoms with Crippen LogP contribution in [0, 0.1) is 23.7 Å². The molecule has 220 valence electrons. The van der Waals surface area contributed by atoms with Crippen LogP contribution in [0.3, 0.4) is 0 Å². The molecule has 1 fully saturated rings. The number of hydrogen-bond acceptors (Lipinski definition) is 4. The van der Waals surface area contributed by atoms with Crippen LogP contribution >= 0.6 is 12.4 Å². The lowest BCUT2D eigenvalue weighted by Gasteiger charge is -2.32. The highest BCUT2D eigenvalue weighted by atomic mass is 35.5. The second-order valence-electron chi connectivity index (χ2n) is 10.3. The Hall–Kier alpha value is -3.87. The van der Waals surface area contributed by atoms with Gasteiger partial charge in [0.15, 0.2) is 0 Å². The zero-order valence-electron chi connectivity index (χ0n) is 24.5. The molecule has 5 rings (SSSR count). The number of rotatable bonds is 10. The van der Waals surface area contributed by atoms with Crippen molar-refractivity contribution in [3.05, 3.63) is 144 Å². The Kier molecular flexibility index (Phi) is 13.4. The summed E-state index contributed by atoms with van der Waals surface area (Å²) >= 11 is 0. The zero-order chi connectivity index (χ0) is 28.7. The van der Waals surface area contributed by atoms with Crippen LogP contribution in [-0.2, 0) is 9.47 Å². The maximum Gasteiger partial charge on any atom is 0.109 e. The highest BCUT2D eigenvalue weighted by molar-refractivity contribution is 5.85. The van der Waals surface area contributed by atoms with E-state index in [1.165, 1.54) is 0 Å². The lowest BCUT2D eigenvalue weighted by Crippen LogP contribution is -2.46. The summed E-state index contributed by atoms with van der Waals surface area (Å²) in [4.78, 5) is 4.80. The van der Waals surface area contributed by atoms with E-state index in [2.05, 4.69) is 82.0 Å². The van der Waals surface area contributed by atoms with Crippen LogP contribution in [0.25, 0.3) is 0 Å². The van der Waals surface area contributed by atoms with E-state index in [0.29, 0.717) is 13.2 Å². The molecule has 0 radical (unpaired) electrons. The number of ether oxygens (including phenoxy) is 2. The lowest BCUT2D eigenvalue weighted by molar-refractivity contribution is 0.108. The van der Waals surface area contributed by atoms with Crippen molar-refractivity contribution < 1.29 is 9.47 Å². The Bertz CT molecular complexity index is 1260. The molecule has 43 heavy (non-hydrogen) atoms. The minimum Gasteiger partial charge on any atom is -0.356 e. The molecule has 0 aliphatic carbocycles. The van der Waals surface area contributed by atoms with Crippen LogP contribution in [0.5, 0.6) is 0 Å². The maximum absolute atomic E-state index is 6.22. The minimum absolute atomic E-state index is 0. The van der Waals surface area contributed by atoms with E-state index in [4.69, 9.17) is 9.47 Å². The topological polar surface area (TPSA) is 24.9 Å². The average Bonchev–Trinajstić information content (AvgIpc) is 3.06. The molecule has 1 saturated heterocycles. The van der Waals surface area contributed by atoms with Gasteiger partial charge in [-0.05, 0) is 22.3 Å². The third-order valence-electron chi connectivity index (χ3n) is 7.37. The summed E-state index contributed by atoms with van der Waals surface area (Å²) in [5, 5.41) is 0. The van der Waals surface area contributed by atoms with E-state index < -0.39 is 0 Å². The van der Waals surface area contributed by atoms with E-state index >= 15 is 0 Å². The first-order valence-corrected chi connectivity index (χ1v) is 14.7. The van der Waals surface area contributed by atoms with Gasteiger partial charge in [0, 0.05) is 26.2 Å². The highest BCUT2D eigenvalue weighted by Crippen LogP contribution is 2.26. The van der Waals surface area contributed by atoms with Crippen molar-refractivity contribution in [1.82, 2.24) is 9.80 Å². The quantitative estimate of drug-likeness (QED) is 0.193. The van der Waals surface area contributed by atoms with Crippen LogP contribution in [0.2, 0.25) is 0 Å². The van der Waals surface area contributed by atoms with Gasteiger partial charge in [-0.1, -0.05) is 145 Å². The molecule has 4 nitrogen and oxygen atoms in total. The molecule has 5 heteroatoms. The second kappa shape index (κ2) is 17.9. The Labute approximate surface area is 263 Å². The van der Waals surface area contributed by atoms with E-state index in [1.54, 1.807) is 0 Å². The third kappa shape index (κ3) is 10.1. The molecule has 0 aromatic heterocycles. The van der Waals surface area contributed by atoms with Gasteiger partial charge in [0.05, 0.1) is 13.1 Å². The largest absolute Gasteiger partial charge is 0.356 e. The molecule has 0 unspecified atom stereocenters. The Morgan fingerprint density at radius 2 is 0.721 bits per heavy atom. The van der Waals surface area contributed by atoms with Crippen molar-refractivity contribution in [1.29, 1.82) is 0 Å². The van der Waals surface area contributed by atoms with Crippen molar-refractivity contribution >= 4 is 12.4 Å². The summed E-state index contributed by atoms with van der Waals surface area (Å²) in [6.07, 6.45) is -0.223. The van der Waals surface area contributed by atoms with Crippen molar-refractivity contribution in [3.8, 4) is 23.7 Å². The molecule has 0 amide bonds. The second-order valence-corrected chi connectivity index (χ2v) is 10.3. The lowest BCUT2D eigenvalue weighted by atomic mass is 10.0. The Morgan fingerprint density at radius 3 is 1.00 bits per heavy atom. The molecule has 0 saturated carbocycles. The molecule has 0 atom stereocenters. The predicted molar refractivity (Wildman–Crippen MR) is 177 cm³/mol. The molecular weight excluding hydrogens is 552 g/mol. The molecule has 4 aromatic rings. The zero-order valence-corrected chi connectivity index (χ0v) is 25.3. The van der Waals surface area contributed by atoms with Gasteiger partial charge in [0.2, 0.25) is 0 Å². The third-order valence-corrected chi connectivity index (χ3v) is 7.37. The normalized spacial score (nSPS) is 13.4. The maximum atomic E-state index is 6.22. The van der Waals surface area contributed by atoms with Gasteiger partial charge in [-0.2, -0.15) is 0 Å². The monoisotopic (exact) mass is 590 g/mol.